The van der Waals surface area contributed by atoms with Gasteiger partial charge in [0.05, 0.1) is 21.1 Å². The zero-order valence-corrected chi connectivity index (χ0v) is 8.21. The van der Waals surface area contributed by atoms with E-state index in [1.807, 2.05) is 0 Å². The summed E-state index contributed by atoms with van der Waals surface area (Å²) in [6.45, 7) is 0. The first-order chi connectivity index (χ1) is 5.55. The van der Waals surface area contributed by atoms with E-state index in [0.29, 0.717) is 6.04 Å². The van der Waals surface area contributed by atoms with Crippen LogP contribution in [0.25, 0.3) is 0 Å². The van der Waals surface area contributed by atoms with Crippen LogP contribution in [0.4, 0.5) is 0 Å². The second-order valence-corrected chi connectivity index (χ2v) is 4.38. The zero-order chi connectivity index (χ0) is 9.19. The molecule has 0 radical (unpaired) electrons. The average Bonchev–Trinajstić information content (AvgIpc) is 2.03. The molecule has 0 bridgehead atoms. The molecule has 2 heteroatoms. The van der Waals surface area contributed by atoms with Crippen molar-refractivity contribution >= 4 is 6.29 Å². The molecule has 12 heavy (non-hydrogen) atoms. The normalized spacial score (nSPS) is 24.9. The Morgan fingerprint density at radius 1 is 1.50 bits per heavy atom. The summed E-state index contributed by atoms with van der Waals surface area (Å²) in [6, 6.07) is 0.413. The molecule has 0 aromatic carbocycles. The number of hydrogen-bond acceptors (Lipinski definition) is 1. The maximum Gasteiger partial charge on any atom is 0.151 e. The third-order valence-electron chi connectivity index (χ3n) is 2.52. The smallest absolute Gasteiger partial charge is 0.151 e. The Bertz CT molecular complexity index is 200. The number of likely N-dealkylation sites (N-methyl/N-ethyl adjacent to an activating group) is 1. The average molecular weight is 168 g/mol. The van der Waals surface area contributed by atoms with E-state index in [-0.39, 0.29) is 0 Å². The maximum absolute atomic E-state index is 10.7. The highest BCUT2D eigenvalue weighted by Crippen LogP contribution is 2.23. The van der Waals surface area contributed by atoms with Crippen LogP contribution in [0.1, 0.15) is 19.3 Å². The van der Waals surface area contributed by atoms with Crippen molar-refractivity contribution in [1.29, 1.82) is 0 Å². The van der Waals surface area contributed by atoms with Crippen LogP contribution in [0.2, 0.25) is 0 Å². The predicted octanol–water partition coefficient (Wildman–Crippen LogP) is 1.37. The van der Waals surface area contributed by atoms with Gasteiger partial charge in [-0.1, -0.05) is 6.08 Å². The zero-order valence-electron chi connectivity index (χ0n) is 8.21. The highest BCUT2D eigenvalue weighted by Gasteiger charge is 2.28. The van der Waals surface area contributed by atoms with Gasteiger partial charge in [-0.2, -0.15) is 0 Å². The Balaban J connectivity index is 2.81. The highest BCUT2D eigenvalue weighted by molar-refractivity contribution is 5.74. The lowest BCUT2D eigenvalue weighted by atomic mass is 9.93. The van der Waals surface area contributed by atoms with Crippen molar-refractivity contribution in [1.82, 2.24) is 0 Å². The summed E-state index contributed by atoms with van der Waals surface area (Å²) in [5, 5.41) is 0. The molecule has 1 unspecified atom stereocenters. The molecule has 0 amide bonds. The summed E-state index contributed by atoms with van der Waals surface area (Å²) in [5.41, 5.74) is 0.994. The Morgan fingerprint density at radius 2 is 2.17 bits per heavy atom. The summed E-state index contributed by atoms with van der Waals surface area (Å²) in [6.07, 6.45) is 6.55. The lowest BCUT2D eigenvalue weighted by molar-refractivity contribution is -0.890. The third kappa shape index (κ3) is 1.95. The van der Waals surface area contributed by atoms with E-state index < -0.39 is 0 Å². The second kappa shape index (κ2) is 3.40. The number of hydrogen-bond donors (Lipinski definition) is 0. The van der Waals surface area contributed by atoms with Gasteiger partial charge in [-0.05, 0) is 12.8 Å². The summed E-state index contributed by atoms with van der Waals surface area (Å²) >= 11 is 0. The molecule has 0 aliphatic heterocycles. The standard InChI is InChI=1S/C10H18NO/c1-11(2,3)10-7-5-4-6-9(10)8-12/h6,8,10H,4-5,7H2,1-3H3/q+1. The summed E-state index contributed by atoms with van der Waals surface area (Å²) < 4.78 is 0.866. The Labute approximate surface area is 74.5 Å². The largest absolute Gasteiger partial charge is 0.325 e. The van der Waals surface area contributed by atoms with E-state index in [1.54, 1.807) is 0 Å². The van der Waals surface area contributed by atoms with E-state index in [9.17, 15) is 4.79 Å². The maximum atomic E-state index is 10.7. The van der Waals surface area contributed by atoms with Crippen molar-refractivity contribution in [2.75, 3.05) is 21.1 Å². The van der Waals surface area contributed by atoms with Crippen LogP contribution in [-0.2, 0) is 4.79 Å². The monoisotopic (exact) mass is 168 g/mol. The lowest BCUT2D eigenvalue weighted by Gasteiger charge is -2.36. The molecule has 0 fully saturated rings. The highest BCUT2D eigenvalue weighted by atomic mass is 16.1. The van der Waals surface area contributed by atoms with E-state index in [2.05, 4.69) is 27.2 Å². The molecule has 0 aromatic heterocycles. The molecular formula is C10H18NO+. The fraction of sp³-hybridized carbons (Fsp3) is 0.700. The van der Waals surface area contributed by atoms with Crippen LogP contribution in [-0.4, -0.2) is 38.0 Å². The minimum atomic E-state index is 0.413. The second-order valence-electron chi connectivity index (χ2n) is 4.38. The van der Waals surface area contributed by atoms with Crippen LogP contribution < -0.4 is 0 Å². The van der Waals surface area contributed by atoms with Gasteiger partial charge in [0, 0.05) is 12.0 Å². The number of quaternary nitrogens is 1. The molecule has 0 saturated carbocycles. The van der Waals surface area contributed by atoms with E-state index in [1.165, 1.54) is 6.42 Å². The first kappa shape index (κ1) is 9.46. The number of nitrogens with zero attached hydrogens (tertiary/aromatic N) is 1. The molecule has 0 spiro atoms. The number of rotatable bonds is 2. The molecular weight excluding hydrogens is 150 g/mol. The number of carbonyl (C=O) groups is 1. The van der Waals surface area contributed by atoms with Crippen molar-refractivity contribution in [3.8, 4) is 0 Å². The van der Waals surface area contributed by atoms with Crippen LogP contribution in [0.3, 0.4) is 0 Å². The minimum absolute atomic E-state index is 0.413. The fourth-order valence-electron chi connectivity index (χ4n) is 1.84. The van der Waals surface area contributed by atoms with Crippen molar-refractivity contribution in [2.45, 2.75) is 25.3 Å². The Kier molecular flexibility index (Phi) is 2.68. The first-order valence-corrected chi connectivity index (χ1v) is 4.52. The van der Waals surface area contributed by atoms with Gasteiger partial charge in [0.2, 0.25) is 0 Å². The molecule has 2 nitrogen and oxygen atoms in total. The molecule has 0 N–H and O–H groups in total. The lowest BCUT2D eigenvalue weighted by Crippen LogP contribution is -2.47. The van der Waals surface area contributed by atoms with E-state index >= 15 is 0 Å². The number of carbonyl (C=O) groups excluding carboxylic acids is 1. The van der Waals surface area contributed by atoms with Crippen molar-refractivity contribution < 1.29 is 9.28 Å². The van der Waals surface area contributed by atoms with Crippen molar-refractivity contribution in [3.63, 3.8) is 0 Å². The van der Waals surface area contributed by atoms with Gasteiger partial charge in [-0.25, -0.2) is 0 Å². The number of allylic oxidation sites excluding steroid dienone is 1. The molecule has 1 rings (SSSR count). The minimum Gasteiger partial charge on any atom is -0.325 e. The Hall–Kier alpha value is -0.630. The third-order valence-corrected chi connectivity index (χ3v) is 2.52. The van der Waals surface area contributed by atoms with Gasteiger partial charge >= 0.3 is 0 Å². The topological polar surface area (TPSA) is 17.1 Å². The van der Waals surface area contributed by atoms with Gasteiger partial charge in [0.15, 0.2) is 6.29 Å². The number of aldehydes is 1. The molecule has 0 aromatic rings. The molecule has 1 aliphatic rings. The van der Waals surface area contributed by atoms with Crippen LogP contribution >= 0.6 is 0 Å². The molecule has 1 aliphatic carbocycles. The van der Waals surface area contributed by atoms with E-state index in [0.717, 1.165) is 29.2 Å². The summed E-state index contributed by atoms with van der Waals surface area (Å²) in [4.78, 5) is 10.7. The fourth-order valence-corrected chi connectivity index (χ4v) is 1.84. The molecule has 0 heterocycles. The van der Waals surface area contributed by atoms with Crippen molar-refractivity contribution in [2.24, 2.45) is 0 Å². The van der Waals surface area contributed by atoms with Gasteiger partial charge in [-0.3, -0.25) is 4.79 Å². The van der Waals surface area contributed by atoms with Gasteiger partial charge in [0.25, 0.3) is 0 Å². The van der Waals surface area contributed by atoms with Crippen molar-refractivity contribution in [3.05, 3.63) is 11.6 Å². The Morgan fingerprint density at radius 3 is 2.58 bits per heavy atom. The predicted molar refractivity (Wildman–Crippen MR) is 49.8 cm³/mol. The summed E-state index contributed by atoms with van der Waals surface area (Å²) in [7, 11) is 6.44. The van der Waals surface area contributed by atoms with E-state index in [4.69, 9.17) is 0 Å². The molecule has 68 valence electrons. The first-order valence-electron chi connectivity index (χ1n) is 4.52. The molecule has 0 saturated heterocycles. The quantitative estimate of drug-likeness (QED) is 0.449. The van der Waals surface area contributed by atoms with Gasteiger partial charge in [0.1, 0.15) is 6.04 Å². The van der Waals surface area contributed by atoms with Crippen LogP contribution in [0.5, 0.6) is 0 Å². The summed E-state index contributed by atoms with van der Waals surface area (Å²) in [5.74, 6) is 0. The van der Waals surface area contributed by atoms with Crippen LogP contribution in [0, 0.1) is 0 Å². The SMILES string of the molecule is C[N+](C)(C)C1CCCC=C1C=O. The van der Waals surface area contributed by atoms with Gasteiger partial charge in [-0.15, -0.1) is 0 Å². The van der Waals surface area contributed by atoms with Gasteiger partial charge < -0.3 is 4.48 Å². The molecule has 1 atom stereocenters. The van der Waals surface area contributed by atoms with Crippen LogP contribution in [0.15, 0.2) is 11.6 Å².